The minimum atomic E-state index is -2.23. The van der Waals surface area contributed by atoms with E-state index < -0.39 is 36.8 Å². The number of unbranched alkanes of at least 4 members (excludes halogenated alkanes) is 2. The molecule has 0 spiro atoms. The first-order chi connectivity index (χ1) is 17.9. The summed E-state index contributed by atoms with van der Waals surface area (Å²) in [5.41, 5.74) is 0. The van der Waals surface area contributed by atoms with Crippen LogP contribution in [-0.2, 0) is 0 Å². The van der Waals surface area contributed by atoms with Crippen molar-refractivity contribution in [1.29, 1.82) is 0 Å². The molecule has 214 valence electrons. The Labute approximate surface area is 255 Å². The van der Waals surface area contributed by atoms with Crippen molar-refractivity contribution >= 4 is 97.1 Å². The van der Waals surface area contributed by atoms with Crippen LogP contribution in [0.4, 0.5) is 0 Å². The van der Waals surface area contributed by atoms with E-state index in [-0.39, 0.29) is 0 Å². The third-order valence-electron chi connectivity index (χ3n) is 7.86. The van der Waals surface area contributed by atoms with E-state index in [2.05, 4.69) is 104 Å². The topological polar surface area (TPSA) is 9.23 Å². The molecule has 0 fully saturated rings. The zero-order valence-corrected chi connectivity index (χ0v) is 34.2. The maximum atomic E-state index is 6.94. The molecule has 0 bridgehead atoms. The molecule has 0 radical (unpaired) electrons. The SMILES string of the molecule is CCCCC(CC)COc1c2c[c]([Sn]([CH3])([CH3])[CH3])sc2c(SCC(CC)CCCC)c2c[c]([Sn]([CH3])([CH3])[CH3])sc12. The molecule has 2 atom stereocenters. The van der Waals surface area contributed by atoms with Crippen LogP contribution in [0.5, 0.6) is 5.75 Å². The van der Waals surface area contributed by atoms with Crippen molar-refractivity contribution in [3.8, 4) is 5.75 Å². The molecule has 0 aliphatic carbocycles. The van der Waals surface area contributed by atoms with Gasteiger partial charge in [-0.05, 0) is 0 Å². The molecule has 6 heteroatoms. The number of thioether (sulfide) groups is 1. The fourth-order valence-electron chi connectivity index (χ4n) is 4.93. The van der Waals surface area contributed by atoms with Gasteiger partial charge in [-0.2, -0.15) is 0 Å². The first-order valence-electron chi connectivity index (χ1n) is 15.2. The summed E-state index contributed by atoms with van der Waals surface area (Å²) in [6, 6.07) is 5.20. The Morgan fingerprint density at radius 3 is 1.79 bits per heavy atom. The van der Waals surface area contributed by atoms with Gasteiger partial charge in [0, 0.05) is 0 Å². The molecule has 2 unspecified atom stereocenters. The second-order valence-electron chi connectivity index (χ2n) is 13.3. The number of hydrogen-bond donors (Lipinski definition) is 0. The average Bonchev–Trinajstić information content (AvgIpc) is 3.50. The summed E-state index contributed by atoms with van der Waals surface area (Å²) in [4.78, 5) is 17.0. The summed E-state index contributed by atoms with van der Waals surface area (Å²) < 4.78 is 13.3. The molecule has 1 aromatic carbocycles. The molecule has 0 N–H and O–H groups in total. The van der Waals surface area contributed by atoms with E-state index >= 15 is 0 Å². The monoisotopic (exact) mass is 790 g/mol. The number of rotatable bonds is 16. The van der Waals surface area contributed by atoms with E-state index in [1.54, 1.807) is 10.7 Å². The van der Waals surface area contributed by atoms with Crippen LogP contribution in [0.2, 0.25) is 29.6 Å². The van der Waals surface area contributed by atoms with Gasteiger partial charge in [0.1, 0.15) is 0 Å². The Hall–Kier alpha value is 0.887. The van der Waals surface area contributed by atoms with E-state index in [1.807, 2.05) is 0 Å². The van der Waals surface area contributed by atoms with Crippen LogP contribution in [0.3, 0.4) is 0 Å². The molecule has 0 amide bonds. The van der Waals surface area contributed by atoms with Crippen molar-refractivity contribution in [3.63, 3.8) is 0 Å². The zero-order chi connectivity index (χ0) is 28.1. The van der Waals surface area contributed by atoms with E-state index in [0.29, 0.717) is 5.92 Å². The Morgan fingerprint density at radius 1 is 0.737 bits per heavy atom. The Morgan fingerprint density at radius 2 is 1.26 bits per heavy atom. The van der Waals surface area contributed by atoms with Gasteiger partial charge in [-0.25, -0.2) is 0 Å². The third kappa shape index (κ3) is 8.47. The van der Waals surface area contributed by atoms with E-state index in [1.165, 1.54) is 83.0 Å². The van der Waals surface area contributed by atoms with Crippen LogP contribution in [0.15, 0.2) is 17.0 Å². The summed E-state index contributed by atoms with van der Waals surface area (Å²) in [6.07, 6.45) is 10.4. The second kappa shape index (κ2) is 14.9. The Bertz CT molecular complexity index is 1020. The fourth-order valence-corrected chi connectivity index (χ4v) is 19.3. The molecule has 2 heterocycles. The van der Waals surface area contributed by atoms with Crippen LogP contribution >= 0.6 is 34.4 Å². The second-order valence-corrected chi connectivity index (χ2v) is 47.3. The van der Waals surface area contributed by atoms with Gasteiger partial charge in [-0.15, -0.1) is 0 Å². The van der Waals surface area contributed by atoms with Gasteiger partial charge in [0.05, 0.1) is 0 Å². The Kier molecular flexibility index (Phi) is 13.1. The first-order valence-corrected chi connectivity index (χ1v) is 37.8. The van der Waals surface area contributed by atoms with Crippen molar-refractivity contribution < 1.29 is 4.74 Å². The predicted molar refractivity (Wildman–Crippen MR) is 186 cm³/mol. The number of fused-ring (bicyclic) bond motifs is 2. The van der Waals surface area contributed by atoms with E-state index in [0.717, 1.165) is 12.5 Å². The molecule has 38 heavy (non-hydrogen) atoms. The minimum absolute atomic E-state index is 0.652. The standard InChI is InChI=1S/C26H36OS3.6CH3.2Sn/c1-5-9-11-19(7-3)17-27-23-21-13-15-29-25(21)26(22-14-16-28-24(22)23)30-18-20(8-4)12-10-6-2;;;;;;;;/h13-14,19-20H,5-12,17-18H2,1-4H3;6*1H3;;. The average molecular weight is 788 g/mol. The first kappa shape index (κ1) is 33.4. The van der Waals surface area contributed by atoms with Crippen molar-refractivity contribution in [3.05, 3.63) is 12.1 Å². The van der Waals surface area contributed by atoms with Crippen molar-refractivity contribution in [2.24, 2.45) is 11.8 Å². The Balaban J connectivity index is 2.18. The quantitative estimate of drug-likeness (QED) is 0.106. The van der Waals surface area contributed by atoms with Gasteiger partial charge >= 0.3 is 258 Å². The number of benzene rings is 1. The predicted octanol–water partition coefficient (Wildman–Crippen LogP) is 11.1. The maximum absolute atomic E-state index is 6.94. The van der Waals surface area contributed by atoms with Crippen LogP contribution in [0.1, 0.15) is 79.1 Å². The zero-order valence-electron chi connectivity index (χ0n) is 26.0. The summed E-state index contributed by atoms with van der Waals surface area (Å²) in [7, 11) is 0. The summed E-state index contributed by atoms with van der Waals surface area (Å²) in [5.74, 6) is 3.92. The van der Waals surface area contributed by atoms with Gasteiger partial charge in [0.25, 0.3) is 0 Å². The molecular weight excluding hydrogens is 734 g/mol. The van der Waals surface area contributed by atoms with E-state index in [4.69, 9.17) is 4.74 Å². The molecule has 0 aliphatic heterocycles. The number of hydrogen-bond acceptors (Lipinski definition) is 4. The van der Waals surface area contributed by atoms with Gasteiger partial charge in [-0.1, -0.05) is 0 Å². The molecule has 0 saturated heterocycles. The molecule has 1 nitrogen and oxygen atoms in total. The normalized spacial score (nSPS) is 14.5. The number of ether oxygens (including phenoxy) is 1. The molecule has 0 aliphatic rings. The molecule has 0 saturated carbocycles. The molecular formula is C32H54OS3Sn2. The van der Waals surface area contributed by atoms with E-state index in [9.17, 15) is 0 Å². The summed E-state index contributed by atoms with van der Waals surface area (Å²) in [5, 5.41) is 2.93. The summed E-state index contributed by atoms with van der Waals surface area (Å²) >= 11 is 1.91. The molecule has 3 rings (SSSR count). The molecule has 2 aromatic heterocycles. The van der Waals surface area contributed by atoms with Gasteiger partial charge in [-0.3, -0.25) is 0 Å². The van der Waals surface area contributed by atoms with Crippen LogP contribution in [-0.4, -0.2) is 49.1 Å². The van der Waals surface area contributed by atoms with Gasteiger partial charge in [0.15, 0.2) is 0 Å². The van der Waals surface area contributed by atoms with Crippen molar-refractivity contribution in [2.45, 2.75) is 114 Å². The number of thiophene rings is 2. The summed E-state index contributed by atoms with van der Waals surface area (Å²) in [6.45, 7) is 10.2. The molecule has 3 aromatic rings. The van der Waals surface area contributed by atoms with Crippen molar-refractivity contribution in [2.75, 3.05) is 12.4 Å². The fraction of sp³-hybridized carbons (Fsp3) is 0.688. The van der Waals surface area contributed by atoms with Crippen molar-refractivity contribution in [1.82, 2.24) is 0 Å². The van der Waals surface area contributed by atoms with Crippen LogP contribution in [0, 0.1) is 11.8 Å². The van der Waals surface area contributed by atoms with Gasteiger partial charge < -0.3 is 0 Å². The van der Waals surface area contributed by atoms with Crippen LogP contribution < -0.4 is 10.5 Å². The van der Waals surface area contributed by atoms with Crippen LogP contribution in [0.25, 0.3) is 20.2 Å². The van der Waals surface area contributed by atoms with Gasteiger partial charge in [0.2, 0.25) is 0 Å². The third-order valence-corrected chi connectivity index (χ3v) is 30.5.